The average Bonchev–Trinajstić information content (AvgIpc) is 2.77. The highest BCUT2D eigenvalue weighted by Gasteiger charge is 2.33. The lowest BCUT2D eigenvalue weighted by Gasteiger charge is -2.33. The van der Waals surface area contributed by atoms with Crippen LogP contribution in [0.4, 0.5) is 10.1 Å². The summed E-state index contributed by atoms with van der Waals surface area (Å²) in [6, 6.07) is 10.3. The molecule has 1 atom stereocenters. The first kappa shape index (κ1) is 26.3. The van der Waals surface area contributed by atoms with Crippen molar-refractivity contribution in [1.29, 1.82) is 0 Å². The Bertz CT molecular complexity index is 1120. The van der Waals surface area contributed by atoms with Crippen molar-refractivity contribution >= 4 is 27.7 Å². The molecule has 2 aromatic rings. The summed E-state index contributed by atoms with van der Waals surface area (Å²) in [6.07, 6.45) is 0. The van der Waals surface area contributed by atoms with Crippen LogP contribution in [0.2, 0.25) is 0 Å². The van der Waals surface area contributed by atoms with Crippen LogP contribution in [0.1, 0.15) is 23.6 Å². The van der Waals surface area contributed by atoms with Crippen LogP contribution in [0, 0.1) is 19.7 Å². The monoisotopic (exact) mass is 478 g/mol. The number of halogens is 1. The second kappa shape index (κ2) is 10.8. The Morgan fingerprint density at radius 2 is 1.73 bits per heavy atom. The molecule has 2 aromatic carbocycles. The van der Waals surface area contributed by atoms with Crippen molar-refractivity contribution in [3.63, 3.8) is 0 Å². The van der Waals surface area contributed by atoms with E-state index in [0.717, 1.165) is 14.2 Å². The van der Waals surface area contributed by atoms with Crippen molar-refractivity contribution in [1.82, 2.24) is 14.5 Å². The zero-order chi connectivity index (χ0) is 24.9. The molecular weight excluding hydrogens is 447 g/mol. The molecule has 33 heavy (non-hydrogen) atoms. The van der Waals surface area contributed by atoms with E-state index in [2.05, 4.69) is 5.32 Å². The molecular formula is C23H31FN4O4S. The van der Waals surface area contributed by atoms with Gasteiger partial charge in [0.25, 0.3) is 0 Å². The van der Waals surface area contributed by atoms with Gasteiger partial charge in [0.15, 0.2) is 0 Å². The van der Waals surface area contributed by atoms with E-state index in [4.69, 9.17) is 0 Å². The lowest BCUT2D eigenvalue weighted by molar-refractivity contribution is -0.139. The fraction of sp³-hybridized carbons (Fsp3) is 0.391. The summed E-state index contributed by atoms with van der Waals surface area (Å²) >= 11 is 0. The molecule has 1 N–H and O–H groups in total. The summed E-state index contributed by atoms with van der Waals surface area (Å²) in [5.74, 6) is -1.61. The minimum atomic E-state index is -4.05. The van der Waals surface area contributed by atoms with Crippen LogP contribution < -0.4 is 9.62 Å². The number of aryl methyl sites for hydroxylation is 2. The van der Waals surface area contributed by atoms with Crippen LogP contribution in [0.5, 0.6) is 0 Å². The maximum absolute atomic E-state index is 14.3. The summed E-state index contributed by atoms with van der Waals surface area (Å²) in [5.41, 5.74) is 2.06. The van der Waals surface area contributed by atoms with Crippen LogP contribution in [0.15, 0.2) is 42.5 Å². The zero-order valence-corrected chi connectivity index (χ0v) is 20.6. The normalized spacial score (nSPS) is 12.4. The lowest BCUT2D eigenvalue weighted by Crippen LogP contribution is -2.52. The van der Waals surface area contributed by atoms with Gasteiger partial charge in [-0.25, -0.2) is 8.70 Å². The minimum absolute atomic E-state index is 0.192. The van der Waals surface area contributed by atoms with Gasteiger partial charge in [0.1, 0.15) is 18.4 Å². The number of benzene rings is 2. The SMILES string of the molecule is CNC(=O)[C@@H](C)N(Cc1ccccc1F)C(=O)CN(c1cc(C)ccc1C)S(=O)(=O)N(C)C. The molecule has 2 amide bonds. The Morgan fingerprint density at radius 1 is 1.09 bits per heavy atom. The molecule has 0 bridgehead atoms. The van der Waals surface area contributed by atoms with Crippen LogP contribution >= 0.6 is 0 Å². The summed E-state index contributed by atoms with van der Waals surface area (Å²) in [6.45, 7) is 4.34. The fourth-order valence-electron chi connectivity index (χ4n) is 3.29. The number of hydrogen-bond acceptors (Lipinski definition) is 4. The average molecular weight is 479 g/mol. The molecule has 0 aromatic heterocycles. The van der Waals surface area contributed by atoms with E-state index in [9.17, 15) is 22.4 Å². The van der Waals surface area contributed by atoms with E-state index >= 15 is 0 Å². The third-order valence-corrected chi connectivity index (χ3v) is 7.17. The highest BCUT2D eigenvalue weighted by atomic mass is 32.2. The molecule has 2 rings (SSSR count). The number of amides is 2. The molecule has 10 heteroatoms. The Labute approximate surface area is 195 Å². The number of anilines is 1. The van der Waals surface area contributed by atoms with Crippen molar-refractivity contribution in [3.05, 3.63) is 65.0 Å². The van der Waals surface area contributed by atoms with Crippen molar-refractivity contribution in [3.8, 4) is 0 Å². The second-order valence-corrected chi connectivity index (χ2v) is 10.1. The molecule has 0 unspecified atom stereocenters. The first-order valence-corrected chi connectivity index (χ1v) is 11.8. The zero-order valence-electron chi connectivity index (χ0n) is 19.8. The largest absolute Gasteiger partial charge is 0.357 e. The molecule has 0 saturated carbocycles. The Balaban J connectivity index is 2.52. The standard InChI is InChI=1S/C23H31FN4O4S/c1-16-11-12-17(2)21(13-16)28(33(31,32)26(5)6)15-22(29)27(18(3)23(30)25-4)14-19-9-7-8-10-20(19)24/h7-13,18H,14-15H2,1-6H3,(H,25,30)/t18-/m1/s1. The molecule has 0 aliphatic carbocycles. The van der Waals surface area contributed by atoms with Crippen LogP contribution in [0.3, 0.4) is 0 Å². The number of likely N-dealkylation sites (N-methyl/N-ethyl adjacent to an activating group) is 1. The molecule has 0 aliphatic rings. The number of carbonyl (C=O) groups is 2. The van der Waals surface area contributed by atoms with Gasteiger partial charge in [0.05, 0.1) is 5.69 Å². The van der Waals surface area contributed by atoms with Crippen molar-refractivity contribution in [2.75, 3.05) is 32.0 Å². The van der Waals surface area contributed by atoms with Gasteiger partial charge in [0.2, 0.25) is 11.8 Å². The van der Waals surface area contributed by atoms with Gasteiger partial charge in [-0.05, 0) is 44.0 Å². The number of nitrogens with one attached hydrogen (secondary N) is 1. The highest BCUT2D eigenvalue weighted by molar-refractivity contribution is 7.90. The van der Waals surface area contributed by atoms with Gasteiger partial charge >= 0.3 is 10.2 Å². The van der Waals surface area contributed by atoms with E-state index in [-0.39, 0.29) is 12.1 Å². The Morgan fingerprint density at radius 3 is 2.30 bits per heavy atom. The molecule has 0 radical (unpaired) electrons. The Kier molecular flexibility index (Phi) is 8.57. The molecule has 0 fully saturated rings. The minimum Gasteiger partial charge on any atom is -0.357 e. The van der Waals surface area contributed by atoms with E-state index in [1.54, 1.807) is 25.1 Å². The maximum atomic E-state index is 14.3. The predicted molar refractivity (Wildman–Crippen MR) is 126 cm³/mol. The number of hydrogen-bond donors (Lipinski definition) is 1. The first-order chi connectivity index (χ1) is 15.4. The first-order valence-electron chi connectivity index (χ1n) is 10.4. The van der Waals surface area contributed by atoms with Gasteiger partial charge in [-0.3, -0.25) is 9.59 Å². The van der Waals surface area contributed by atoms with Crippen LogP contribution in [0.25, 0.3) is 0 Å². The van der Waals surface area contributed by atoms with Crippen LogP contribution in [-0.2, 0) is 26.3 Å². The summed E-state index contributed by atoms with van der Waals surface area (Å²) in [5, 5.41) is 2.48. The summed E-state index contributed by atoms with van der Waals surface area (Å²) < 4.78 is 42.7. The van der Waals surface area contributed by atoms with Crippen LogP contribution in [-0.4, -0.2) is 63.2 Å². The molecule has 0 aliphatic heterocycles. The smallest absolute Gasteiger partial charge is 0.304 e. The molecule has 0 heterocycles. The van der Waals surface area contributed by atoms with E-state index in [1.807, 2.05) is 13.0 Å². The van der Waals surface area contributed by atoms with E-state index in [0.29, 0.717) is 11.3 Å². The Hall–Kier alpha value is -2.98. The van der Waals surface area contributed by atoms with E-state index in [1.165, 1.54) is 51.2 Å². The molecule has 180 valence electrons. The van der Waals surface area contributed by atoms with Gasteiger partial charge in [-0.2, -0.15) is 12.7 Å². The fourth-order valence-corrected chi connectivity index (χ4v) is 4.40. The molecule has 0 spiro atoms. The molecule has 0 saturated heterocycles. The third kappa shape index (κ3) is 6.08. The number of carbonyl (C=O) groups excluding carboxylic acids is 2. The van der Waals surface area contributed by atoms with E-state index < -0.39 is 40.4 Å². The van der Waals surface area contributed by atoms with Gasteiger partial charge in [0, 0.05) is 33.3 Å². The topological polar surface area (TPSA) is 90.0 Å². The van der Waals surface area contributed by atoms with Crippen molar-refractivity contribution in [2.45, 2.75) is 33.4 Å². The summed E-state index contributed by atoms with van der Waals surface area (Å²) in [7, 11) is 0.141. The number of rotatable bonds is 9. The van der Waals surface area contributed by atoms with Gasteiger partial charge < -0.3 is 10.2 Å². The predicted octanol–water partition coefficient (Wildman–Crippen LogP) is 2.22. The van der Waals surface area contributed by atoms with Crippen molar-refractivity contribution in [2.24, 2.45) is 0 Å². The van der Waals surface area contributed by atoms with Gasteiger partial charge in [-0.1, -0.05) is 30.3 Å². The second-order valence-electron chi connectivity index (χ2n) is 7.99. The lowest BCUT2D eigenvalue weighted by atomic mass is 10.1. The quantitative estimate of drug-likeness (QED) is 0.599. The summed E-state index contributed by atoms with van der Waals surface area (Å²) in [4.78, 5) is 27.0. The van der Waals surface area contributed by atoms with Gasteiger partial charge in [-0.15, -0.1) is 0 Å². The van der Waals surface area contributed by atoms with Crippen molar-refractivity contribution < 1.29 is 22.4 Å². The molecule has 8 nitrogen and oxygen atoms in total. The number of nitrogens with zero attached hydrogens (tertiary/aromatic N) is 3. The highest BCUT2D eigenvalue weighted by Crippen LogP contribution is 2.26. The third-order valence-electron chi connectivity index (χ3n) is 5.36. The maximum Gasteiger partial charge on any atom is 0.304 e.